The van der Waals surface area contributed by atoms with Crippen LogP contribution in [0.3, 0.4) is 0 Å². The number of nitrogens with one attached hydrogen (secondary N) is 1. The van der Waals surface area contributed by atoms with Crippen LogP contribution in [0.5, 0.6) is 17.2 Å². The van der Waals surface area contributed by atoms with Crippen LogP contribution in [0, 0.1) is 25.2 Å². The first kappa shape index (κ1) is 19.5. The molecule has 0 unspecified atom stereocenters. The molecule has 0 atom stereocenters. The van der Waals surface area contributed by atoms with Crippen molar-refractivity contribution in [3.8, 4) is 23.3 Å². The van der Waals surface area contributed by atoms with Crippen LogP contribution in [-0.4, -0.2) is 31.3 Å². The number of aromatic amines is 1. The lowest BCUT2D eigenvalue weighted by atomic mass is 10.1. The molecule has 0 saturated heterocycles. The molecule has 2 aromatic heterocycles. The number of hydrogen-bond acceptors (Lipinski definition) is 7. The molecule has 144 valence electrons. The number of benzene rings is 1. The number of rotatable bonds is 5. The fraction of sp³-hybridized carbons (Fsp3) is 0.250. The first-order valence-electron chi connectivity index (χ1n) is 8.36. The summed E-state index contributed by atoms with van der Waals surface area (Å²) < 4.78 is 16.1. The largest absolute Gasteiger partial charge is 0.493 e. The van der Waals surface area contributed by atoms with E-state index < -0.39 is 0 Å². The standard InChI is InChI=1S/C20H19N3O4S/c1-10-11(2)28-20-15(10)19(24)22-18(23-20)13(9-21)8-12-6-7-14(25-3)17(27-5)16(12)26-4/h6-8H,1-5H3,(H,22,23,24)/b13-8+. The Morgan fingerprint density at radius 1 is 1.18 bits per heavy atom. The van der Waals surface area contributed by atoms with Crippen LogP contribution in [0.15, 0.2) is 16.9 Å². The average molecular weight is 397 g/mol. The van der Waals surface area contributed by atoms with Crippen LogP contribution in [-0.2, 0) is 0 Å². The van der Waals surface area contributed by atoms with E-state index in [2.05, 4.69) is 16.0 Å². The minimum atomic E-state index is -0.262. The van der Waals surface area contributed by atoms with Crippen LogP contribution < -0.4 is 19.8 Å². The number of ether oxygens (including phenoxy) is 3. The molecular weight excluding hydrogens is 378 g/mol. The predicted octanol–water partition coefficient (Wildman–Crippen LogP) is 3.69. The Labute approximate surface area is 165 Å². The highest BCUT2D eigenvalue weighted by atomic mass is 32.1. The van der Waals surface area contributed by atoms with Gasteiger partial charge in [0.25, 0.3) is 5.56 Å². The Bertz CT molecular complexity index is 1180. The summed E-state index contributed by atoms with van der Waals surface area (Å²) in [6.45, 7) is 3.83. The minimum Gasteiger partial charge on any atom is -0.493 e. The number of H-pyrrole nitrogens is 1. The maximum Gasteiger partial charge on any atom is 0.260 e. The van der Waals surface area contributed by atoms with Gasteiger partial charge < -0.3 is 19.2 Å². The van der Waals surface area contributed by atoms with Crippen molar-refractivity contribution in [1.29, 1.82) is 5.26 Å². The molecule has 0 aliphatic rings. The molecule has 0 fully saturated rings. The number of methoxy groups -OCH3 is 3. The summed E-state index contributed by atoms with van der Waals surface area (Å²) in [4.78, 5) is 21.4. The van der Waals surface area contributed by atoms with Gasteiger partial charge in [0.05, 0.1) is 32.3 Å². The zero-order valence-electron chi connectivity index (χ0n) is 16.2. The molecular formula is C20H19N3O4S. The lowest BCUT2D eigenvalue weighted by Gasteiger charge is -2.14. The molecule has 1 N–H and O–H groups in total. The van der Waals surface area contributed by atoms with E-state index in [1.54, 1.807) is 18.2 Å². The van der Waals surface area contributed by atoms with Crippen LogP contribution in [0.4, 0.5) is 0 Å². The van der Waals surface area contributed by atoms with Crippen LogP contribution in [0.25, 0.3) is 21.9 Å². The second kappa shape index (κ2) is 7.74. The molecule has 3 aromatic rings. The van der Waals surface area contributed by atoms with Crippen LogP contribution >= 0.6 is 11.3 Å². The highest BCUT2D eigenvalue weighted by molar-refractivity contribution is 7.18. The van der Waals surface area contributed by atoms with E-state index in [1.807, 2.05) is 13.8 Å². The summed E-state index contributed by atoms with van der Waals surface area (Å²) in [6.07, 6.45) is 1.60. The SMILES string of the molecule is COc1ccc(/C=C(\C#N)c2nc3sc(C)c(C)c3c(=O)[nH]2)c(OC)c1OC. The van der Waals surface area contributed by atoms with E-state index in [0.717, 1.165) is 10.4 Å². The maximum absolute atomic E-state index is 12.5. The van der Waals surface area contributed by atoms with E-state index in [-0.39, 0.29) is 17.0 Å². The lowest BCUT2D eigenvalue weighted by Crippen LogP contribution is -2.10. The number of allylic oxidation sites excluding steroid dienone is 1. The molecule has 3 rings (SSSR count). The molecule has 28 heavy (non-hydrogen) atoms. The normalized spacial score (nSPS) is 11.4. The molecule has 0 saturated carbocycles. The van der Waals surface area contributed by atoms with E-state index >= 15 is 0 Å². The molecule has 0 spiro atoms. The maximum atomic E-state index is 12.5. The summed E-state index contributed by atoms with van der Waals surface area (Å²) in [5.74, 6) is 1.55. The van der Waals surface area contributed by atoms with E-state index in [1.165, 1.54) is 32.7 Å². The van der Waals surface area contributed by atoms with Crippen molar-refractivity contribution < 1.29 is 14.2 Å². The molecule has 0 aliphatic heterocycles. The van der Waals surface area contributed by atoms with Gasteiger partial charge in [0, 0.05) is 10.4 Å². The molecule has 0 aliphatic carbocycles. The van der Waals surface area contributed by atoms with Crippen molar-refractivity contribution in [2.24, 2.45) is 0 Å². The van der Waals surface area contributed by atoms with Gasteiger partial charge in [-0.15, -0.1) is 11.3 Å². The zero-order valence-corrected chi connectivity index (χ0v) is 17.0. The Morgan fingerprint density at radius 2 is 1.89 bits per heavy atom. The quantitative estimate of drug-likeness (QED) is 0.660. The van der Waals surface area contributed by atoms with Gasteiger partial charge in [-0.1, -0.05) is 0 Å². The zero-order chi connectivity index (χ0) is 20.4. The topological polar surface area (TPSA) is 97.2 Å². The Balaban J connectivity index is 2.20. The number of thiophene rings is 1. The van der Waals surface area contributed by atoms with Gasteiger partial charge in [-0.2, -0.15) is 5.26 Å². The first-order chi connectivity index (χ1) is 13.4. The Kier molecular flexibility index (Phi) is 5.38. The monoisotopic (exact) mass is 397 g/mol. The van der Waals surface area contributed by atoms with Crippen molar-refractivity contribution in [3.05, 3.63) is 44.3 Å². The third-order valence-corrected chi connectivity index (χ3v) is 5.55. The van der Waals surface area contributed by atoms with Gasteiger partial charge in [0.2, 0.25) is 5.75 Å². The van der Waals surface area contributed by atoms with Gasteiger partial charge in [0.1, 0.15) is 10.9 Å². The number of aromatic nitrogens is 2. The predicted molar refractivity (Wildman–Crippen MR) is 109 cm³/mol. The van der Waals surface area contributed by atoms with Crippen molar-refractivity contribution in [2.45, 2.75) is 13.8 Å². The second-order valence-corrected chi connectivity index (χ2v) is 7.17. The fourth-order valence-electron chi connectivity index (χ4n) is 2.93. The number of aryl methyl sites for hydroxylation is 2. The van der Waals surface area contributed by atoms with E-state index in [4.69, 9.17) is 14.2 Å². The number of fused-ring (bicyclic) bond motifs is 1. The summed E-state index contributed by atoms with van der Waals surface area (Å²) in [6, 6.07) is 5.56. The van der Waals surface area contributed by atoms with Crippen molar-refractivity contribution in [3.63, 3.8) is 0 Å². The Morgan fingerprint density at radius 3 is 2.50 bits per heavy atom. The van der Waals surface area contributed by atoms with E-state index in [9.17, 15) is 10.1 Å². The van der Waals surface area contributed by atoms with Gasteiger partial charge in [-0.3, -0.25) is 4.79 Å². The molecule has 0 radical (unpaired) electrons. The van der Waals surface area contributed by atoms with Crippen molar-refractivity contribution >= 4 is 33.2 Å². The van der Waals surface area contributed by atoms with Gasteiger partial charge in [0.15, 0.2) is 17.3 Å². The fourth-order valence-corrected chi connectivity index (χ4v) is 3.96. The van der Waals surface area contributed by atoms with Gasteiger partial charge in [-0.05, 0) is 37.6 Å². The highest BCUT2D eigenvalue weighted by Gasteiger charge is 2.17. The minimum absolute atomic E-state index is 0.202. The van der Waals surface area contributed by atoms with Crippen LogP contribution in [0.1, 0.15) is 21.8 Å². The molecule has 2 heterocycles. The molecule has 0 bridgehead atoms. The first-order valence-corrected chi connectivity index (χ1v) is 9.17. The number of hydrogen-bond donors (Lipinski definition) is 1. The van der Waals surface area contributed by atoms with Crippen LogP contribution in [0.2, 0.25) is 0 Å². The summed E-state index contributed by atoms with van der Waals surface area (Å²) in [5.41, 5.74) is 1.44. The average Bonchev–Trinajstić information content (AvgIpc) is 2.99. The van der Waals surface area contributed by atoms with E-state index in [0.29, 0.717) is 33.0 Å². The molecule has 8 heteroatoms. The highest BCUT2D eigenvalue weighted by Crippen LogP contribution is 2.41. The number of nitriles is 1. The van der Waals surface area contributed by atoms with Crippen molar-refractivity contribution in [2.75, 3.05) is 21.3 Å². The second-order valence-electron chi connectivity index (χ2n) is 5.97. The van der Waals surface area contributed by atoms with Gasteiger partial charge >= 0.3 is 0 Å². The molecule has 1 aromatic carbocycles. The molecule has 0 amide bonds. The van der Waals surface area contributed by atoms with Crippen molar-refractivity contribution in [1.82, 2.24) is 9.97 Å². The third kappa shape index (κ3) is 3.21. The Hall–Kier alpha value is -3.31. The lowest BCUT2D eigenvalue weighted by molar-refractivity contribution is 0.324. The number of nitrogens with zero attached hydrogens (tertiary/aromatic N) is 2. The summed E-state index contributed by atoms with van der Waals surface area (Å²) in [5, 5.41) is 10.2. The summed E-state index contributed by atoms with van der Waals surface area (Å²) >= 11 is 1.43. The summed E-state index contributed by atoms with van der Waals surface area (Å²) in [7, 11) is 4.54. The van der Waals surface area contributed by atoms with Gasteiger partial charge in [-0.25, -0.2) is 4.98 Å². The third-order valence-electron chi connectivity index (χ3n) is 4.45. The smallest absolute Gasteiger partial charge is 0.260 e. The molecule has 7 nitrogen and oxygen atoms in total.